The fourth-order valence-electron chi connectivity index (χ4n) is 0.302. The molecule has 1 N–H and O–H groups in total. The van der Waals surface area contributed by atoms with Crippen LogP contribution >= 0.6 is 15.4 Å². The molecule has 0 aliphatic rings. The van der Waals surface area contributed by atoms with Gasteiger partial charge in [-0.2, -0.15) is 4.20 Å². The number of hydrogen-bond donors (Lipinski definition) is 1. The predicted octanol–water partition coefficient (Wildman–Crippen LogP) is 2.05. The third-order valence-corrected chi connectivity index (χ3v) is 3.19. The van der Waals surface area contributed by atoms with Crippen LogP contribution in [0.15, 0.2) is 0 Å². The summed E-state index contributed by atoms with van der Waals surface area (Å²) >= 11 is 0. The van der Waals surface area contributed by atoms with Crippen LogP contribution in [-0.2, 0) is 13.7 Å². The van der Waals surface area contributed by atoms with Crippen molar-refractivity contribution >= 4 is 15.4 Å². The number of halogens is 2. The molecule has 4 nitrogen and oxygen atoms in total. The van der Waals surface area contributed by atoms with Crippen molar-refractivity contribution in [2.75, 3.05) is 6.66 Å². The highest BCUT2D eigenvalue weighted by Gasteiger charge is 2.31. The Morgan fingerprint density at radius 1 is 1.55 bits per heavy atom. The summed E-state index contributed by atoms with van der Waals surface area (Å²) in [6, 6.07) is 0. The van der Waals surface area contributed by atoms with E-state index in [9.17, 15) is 17.5 Å². The fourth-order valence-corrected chi connectivity index (χ4v) is 2.31. The van der Waals surface area contributed by atoms with Crippen molar-refractivity contribution in [2.24, 2.45) is 0 Å². The van der Waals surface area contributed by atoms with Gasteiger partial charge < -0.3 is 4.52 Å². The number of nitrogens with one attached hydrogen (secondary N) is 1. The Hall–Kier alpha value is -0.360. The molecule has 8 heteroatoms. The Kier molecular flexibility index (Phi) is 3.25. The summed E-state index contributed by atoms with van der Waals surface area (Å²) < 4.78 is 48.3. The molecular weight excluding hydrogens is 198 g/mol. The summed E-state index contributed by atoms with van der Waals surface area (Å²) in [5.41, 5.74) is 0. The smallest absolute Gasteiger partial charge is 0.356 e. The van der Waals surface area contributed by atoms with Crippen LogP contribution in [0.25, 0.3) is 0 Å². The fraction of sp³-hybridized carbons (Fsp3) is 0.333. The van der Waals surface area contributed by atoms with Gasteiger partial charge in [-0.1, -0.05) is 6.42 Å². The summed E-state index contributed by atoms with van der Waals surface area (Å²) in [5, 5.41) is 0. The molecule has 0 rings (SSSR count). The van der Waals surface area contributed by atoms with E-state index >= 15 is 0 Å². The predicted molar refractivity (Wildman–Crippen MR) is 36.4 cm³/mol. The van der Waals surface area contributed by atoms with Crippen LogP contribution in [0, 0.1) is 12.5 Å². The van der Waals surface area contributed by atoms with Crippen molar-refractivity contribution in [3.05, 3.63) is 0 Å². The zero-order valence-corrected chi connectivity index (χ0v) is 7.24. The van der Waals surface area contributed by atoms with Crippen molar-refractivity contribution in [2.45, 2.75) is 0 Å². The quantitative estimate of drug-likeness (QED) is 0.563. The van der Waals surface area contributed by atoms with Gasteiger partial charge in [0.1, 0.15) is 6.11 Å². The van der Waals surface area contributed by atoms with E-state index < -0.39 is 15.4 Å². The van der Waals surface area contributed by atoms with Crippen molar-refractivity contribution in [3.63, 3.8) is 0 Å². The highest BCUT2D eigenvalue weighted by atomic mass is 31.3. The van der Waals surface area contributed by atoms with Gasteiger partial charge >= 0.3 is 15.4 Å². The molecule has 0 aromatic heterocycles. The molecule has 11 heavy (non-hydrogen) atoms. The first-order valence-corrected chi connectivity index (χ1v) is 5.83. The molecule has 0 fully saturated rings. The van der Waals surface area contributed by atoms with E-state index in [1.54, 1.807) is 0 Å². The van der Waals surface area contributed by atoms with E-state index in [-0.39, 0.29) is 0 Å². The molecule has 0 saturated heterocycles. The van der Waals surface area contributed by atoms with Gasteiger partial charge in [-0.15, -0.1) is 9.05 Å². The van der Waals surface area contributed by atoms with E-state index in [2.05, 4.69) is 10.9 Å². The Balaban J connectivity index is 4.29. The van der Waals surface area contributed by atoms with Crippen LogP contribution in [-0.4, -0.2) is 6.66 Å². The van der Waals surface area contributed by atoms with E-state index in [4.69, 9.17) is 0 Å². The third-order valence-electron chi connectivity index (χ3n) is 0.468. The molecule has 0 radical (unpaired) electrons. The van der Waals surface area contributed by atoms with Crippen LogP contribution in [0.2, 0.25) is 0 Å². The van der Waals surface area contributed by atoms with Crippen LogP contribution in [0.3, 0.4) is 0 Å². The molecule has 0 spiro atoms. The van der Waals surface area contributed by atoms with E-state index in [1.165, 1.54) is 6.11 Å². The van der Waals surface area contributed by atoms with Crippen molar-refractivity contribution in [1.82, 2.24) is 4.86 Å². The summed E-state index contributed by atoms with van der Waals surface area (Å²) in [4.78, 5) is 1.01. The van der Waals surface area contributed by atoms with E-state index in [0.717, 1.165) is 4.86 Å². The first-order chi connectivity index (χ1) is 4.77. The molecule has 0 bridgehead atoms. The minimum absolute atomic E-state index is 0.541. The van der Waals surface area contributed by atoms with Crippen molar-refractivity contribution < 1.29 is 22.0 Å². The lowest BCUT2D eigenvalue weighted by molar-refractivity contribution is 0.408. The monoisotopic (exact) mass is 203 g/mol. The summed E-state index contributed by atoms with van der Waals surface area (Å²) in [6.07, 6.45) is 5.64. The summed E-state index contributed by atoms with van der Waals surface area (Å²) in [7, 11) is -9.36. The topological polar surface area (TPSA) is 55.4 Å². The van der Waals surface area contributed by atoms with Gasteiger partial charge in [0.05, 0.1) is 0 Å². The zero-order chi connectivity index (χ0) is 9.12. The second-order valence-electron chi connectivity index (χ2n) is 1.61. The average molecular weight is 203 g/mol. The lowest BCUT2D eigenvalue weighted by Crippen LogP contribution is -2.00. The molecular formula is C3H5F2NO3P2. The molecule has 0 amide bonds. The molecule has 0 aliphatic heterocycles. The van der Waals surface area contributed by atoms with E-state index in [0.29, 0.717) is 6.66 Å². The van der Waals surface area contributed by atoms with Crippen molar-refractivity contribution in [1.29, 1.82) is 0 Å². The molecule has 0 aromatic rings. The first-order valence-electron chi connectivity index (χ1n) is 2.27. The molecule has 2 unspecified atom stereocenters. The highest BCUT2D eigenvalue weighted by molar-refractivity contribution is 7.69. The largest absolute Gasteiger partial charge is 0.512 e. The van der Waals surface area contributed by atoms with Crippen LogP contribution in [0.1, 0.15) is 0 Å². The normalized spacial score (nSPS) is 20.9. The molecule has 0 saturated carbocycles. The maximum absolute atomic E-state index is 12.3. The van der Waals surface area contributed by atoms with Crippen LogP contribution in [0.5, 0.6) is 0 Å². The molecule has 64 valence electrons. The van der Waals surface area contributed by atoms with Crippen LogP contribution < -0.4 is 4.86 Å². The van der Waals surface area contributed by atoms with Gasteiger partial charge in [-0.25, -0.2) is 4.57 Å². The van der Waals surface area contributed by atoms with Gasteiger partial charge in [0, 0.05) is 6.66 Å². The van der Waals surface area contributed by atoms with Gasteiger partial charge in [0.15, 0.2) is 0 Å². The Morgan fingerprint density at radius 3 is 2.27 bits per heavy atom. The Bertz CT molecular complexity index is 266. The first kappa shape index (κ1) is 10.6. The molecule has 0 aliphatic carbocycles. The minimum atomic E-state index is -4.94. The molecule has 0 heterocycles. The van der Waals surface area contributed by atoms with Gasteiger partial charge in [0.2, 0.25) is 0 Å². The van der Waals surface area contributed by atoms with Gasteiger partial charge in [-0.3, -0.25) is 4.57 Å². The molecule has 0 aromatic carbocycles. The standard InChI is InChI=1S/C3H5F2NO3P2/c1-3-9-11(5,8)6-10(2,4)7/h1H,2H3,(H,6,7,8). The average Bonchev–Trinajstić information content (AvgIpc) is 1.55. The molecule has 2 atom stereocenters. The summed E-state index contributed by atoms with van der Waals surface area (Å²) in [6.45, 7) is 0.541. The zero-order valence-electron chi connectivity index (χ0n) is 5.45. The minimum Gasteiger partial charge on any atom is -0.356 e. The second kappa shape index (κ2) is 3.36. The van der Waals surface area contributed by atoms with Crippen molar-refractivity contribution in [3.8, 4) is 12.5 Å². The highest BCUT2D eigenvalue weighted by Crippen LogP contribution is 2.55. The maximum atomic E-state index is 12.3. The van der Waals surface area contributed by atoms with Crippen LogP contribution in [0.4, 0.5) is 8.39 Å². The maximum Gasteiger partial charge on any atom is 0.512 e. The lowest BCUT2D eigenvalue weighted by atomic mass is 11.3. The lowest BCUT2D eigenvalue weighted by Gasteiger charge is -2.07. The van der Waals surface area contributed by atoms with Gasteiger partial charge in [-0.05, 0) is 0 Å². The summed E-state index contributed by atoms with van der Waals surface area (Å²) in [5.74, 6) is 0. The van der Waals surface area contributed by atoms with Gasteiger partial charge in [0.25, 0.3) is 0 Å². The number of rotatable bonds is 3. The SMILES string of the molecule is C#COP(=O)(F)NP(C)(=O)F. The Morgan fingerprint density at radius 2 is 2.00 bits per heavy atom. The number of terminal acetylenes is 1. The Labute approximate surface area is 62.5 Å². The third kappa shape index (κ3) is 6.05. The number of hydrogen-bond acceptors (Lipinski definition) is 3. The second-order valence-corrected chi connectivity index (χ2v) is 5.19. The van der Waals surface area contributed by atoms with E-state index in [1.807, 2.05) is 0 Å².